The van der Waals surface area contributed by atoms with E-state index in [1.54, 1.807) is 6.20 Å². The van der Waals surface area contributed by atoms with E-state index < -0.39 is 0 Å². The average molecular weight is 236 g/mol. The normalized spacial score (nSPS) is 10.7. The third-order valence-electron chi connectivity index (χ3n) is 2.54. The second-order valence-corrected chi connectivity index (χ2v) is 4.09. The van der Waals surface area contributed by atoms with Crippen molar-refractivity contribution in [2.75, 3.05) is 6.54 Å². The SMILES string of the molecule is Cc1nccn1-c1ccc(Cl)cc1CCN. The highest BCUT2D eigenvalue weighted by molar-refractivity contribution is 6.30. The van der Waals surface area contributed by atoms with Crippen LogP contribution in [0.4, 0.5) is 0 Å². The van der Waals surface area contributed by atoms with Crippen molar-refractivity contribution in [3.05, 3.63) is 47.0 Å². The van der Waals surface area contributed by atoms with E-state index in [0.29, 0.717) is 6.54 Å². The highest BCUT2D eigenvalue weighted by Crippen LogP contribution is 2.21. The van der Waals surface area contributed by atoms with Crippen LogP contribution >= 0.6 is 11.6 Å². The third kappa shape index (κ3) is 2.10. The van der Waals surface area contributed by atoms with E-state index in [9.17, 15) is 0 Å². The van der Waals surface area contributed by atoms with E-state index in [4.69, 9.17) is 17.3 Å². The van der Waals surface area contributed by atoms with Crippen molar-refractivity contribution < 1.29 is 0 Å². The van der Waals surface area contributed by atoms with Crippen molar-refractivity contribution in [1.82, 2.24) is 9.55 Å². The van der Waals surface area contributed by atoms with E-state index >= 15 is 0 Å². The summed E-state index contributed by atoms with van der Waals surface area (Å²) in [7, 11) is 0. The molecule has 16 heavy (non-hydrogen) atoms. The van der Waals surface area contributed by atoms with Gasteiger partial charge in [0.2, 0.25) is 0 Å². The summed E-state index contributed by atoms with van der Waals surface area (Å²) in [5, 5.41) is 0.741. The first-order chi connectivity index (χ1) is 7.72. The van der Waals surface area contributed by atoms with Gasteiger partial charge in [-0.1, -0.05) is 11.6 Å². The fraction of sp³-hybridized carbons (Fsp3) is 0.250. The van der Waals surface area contributed by atoms with Crippen LogP contribution in [0.1, 0.15) is 11.4 Å². The molecular formula is C12H14ClN3. The number of nitrogens with zero attached hydrogens (tertiary/aromatic N) is 2. The first-order valence-electron chi connectivity index (χ1n) is 5.21. The maximum Gasteiger partial charge on any atom is 0.110 e. The van der Waals surface area contributed by atoms with Crippen molar-refractivity contribution in [3.8, 4) is 5.69 Å². The Kier molecular flexibility index (Phi) is 3.27. The monoisotopic (exact) mass is 235 g/mol. The lowest BCUT2D eigenvalue weighted by molar-refractivity contribution is 0.912. The zero-order valence-corrected chi connectivity index (χ0v) is 9.91. The zero-order valence-electron chi connectivity index (χ0n) is 9.15. The quantitative estimate of drug-likeness (QED) is 0.888. The molecule has 0 saturated carbocycles. The molecule has 4 heteroatoms. The number of aryl methyl sites for hydroxylation is 1. The molecule has 0 bridgehead atoms. The van der Waals surface area contributed by atoms with Crippen LogP contribution in [-0.2, 0) is 6.42 Å². The molecule has 0 aliphatic rings. The topological polar surface area (TPSA) is 43.8 Å². The Labute approximate surface area is 99.9 Å². The van der Waals surface area contributed by atoms with E-state index in [-0.39, 0.29) is 0 Å². The van der Waals surface area contributed by atoms with Crippen molar-refractivity contribution in [3.63, 3.8) is 0 Å². The molecule has 2 aromatic rings. The van der Waals surface area contributed by atoms with Gasteiger partial charge in [-0.3, -0.25) is 0 Å². The van der Waals surface area contributed by atoms with Gasteiger partial charge >= 0.3 is 0 Å². The Morgan fingerprint density at radius 3 is 2.88 bits per heavy atom. The van der Waals surface area contributed by atoms with Crippen LogP contribution in [-0.4, -0.2) is 16.1 Å². The molecule has 84 valence electrons. The summed E-state index contributed by atoms with van der Waals surface area (Å²) in [6.07, 6.45) is 4.54. The minimum Gasteiger partial charge on any atom is -0.330 e. The Hall–Kier alpha value is -1.32. The van der Waals surface area contributed by atoms with Gasteiger partial charge in [0.1, 0.15) is 5.82 Å². The Morgan fingerprint density at radius 1 is 1.44 bits per heavy atom. The third-order valence-corrected chi connectivity index (χ3v) is 2.78. The second kappa shape index (κ2) is 4.68. The largest absolute Gasteiger partial charge is 0.330 e. The Bertz CT molecular complexity index is 491. The molecule has 1 heterocycles. The Balaban J connectivity index is 2.51. The zero-order chi connectivity index (χ0) is 11.5. The van der Waals surface area contributed by atoms with E-state index in [1.807, 2.05) is 35.9 Å². The number of hydrogen-bond donors (Lipinski definition) is 1. The van der Waals surface area contributed by atoms with Gasteiger partial charge in [0.25, 0.3) is 0 Å². The fourth-order valence-electron chi connectivity index (χ4n) is 1.78. The molecule has 0 aliphatic carbocycles. The van der Waals surface area contributed by atoms with Crippen LogP contribution in [0.2, 0.25) is 5.02 Å². The number of imidazole rings is 1. The minimum atomic E-state index is 0.612. The van der Waals surface area contributed by atoms with Crippen LogP contribution in [0.5, 0.6) is 0 Å². The average Bonchev–Trinajstić information content (AvgIpc) is 2.65. The van der Waals surface area contributed by atoms with Crippen LogP contribution in [0.15, 0.2) is 30.6 Å². The van der Waals surface area contributed by atoms with Gasteiger partial charge in [0.15, 0.2) is 0 Å². The van der Waals surface area contributed by atoms with Crippen molar-refractivity contribution in [2.24, 2.45) is 5.73 Å². The summed E-state index contributed by atoms with van der Waals surface area (Å²) in [5.41, 5.74) is 7.85. The van der Waals surface area contributed by atoms with Crippen molar-refractivity contribution in [2.45, 2.75) is 13.3 Å². The molecule has 2 rings (SSSR count). The van der Waals surface area contributed by atoms with Crippen LogP contribution in [0, 0.1) is 6.92 Å². The number of rotatable bonds is 3. The fourth-order valence-corrected chi connectivity index (χ4v) is 1.97. The first-order valence-corrected chi connectivity index (χ1v) is 5.59. The molecule has 0 saturated heterocycles. The summed E-state index contributed by atoms with van der Waals surface area (Å²) >= 11 is 5.99. The predicted molar refractivity (Wildman–Crippen MR) is 66.1 cm³/mol. The Morgan fingerprint density at radius 2 is 2.25 bits per heavy atom. The summed E-state index contributed by atoms with van der Waals surface area (Å²) < 4.78 is 2.04. The van der Waals surface area contributed by atoms with Crippen molar-refractivity contribution >= 4 is 11.6 Å². The molecule has 0 amide bonds. The van der Waals surface area contributed by atoms with Crippen LogP contribution in [0.3, 0.4) is 0 Å². The summed E-state index contributed by atoms with van der Waals surface area (Å²) in [4.78, 5) is 4.22. The smallest absolute Gasteiger partial charge is 0.110 e. The lowest BCUT2D eigenvalue weighted by Gasteiger charge is -2.11. The standard InChI is InChI=1S/C12H14ClN3/c1-9-15-6-7-16(9)12-3-2-11(13)8-10(12)4-5-14/h2-3,6-8H,4-5,14H2,1H3. The maximum absolute atomic E-state index is 5.99. The summed E-state index contributed by atoms with van der Waals surface area (Å²) in [6.45, 7) is 2.59. The molecule has 0 aliphatic heterocycles. The lowest BCUT2D eigenvalue weighted by Crippen LogP contribution is -2.07. The number of halogens is 1. The molecule has 0 spiro atoms. The summed E-state index contributed by atoms with van der Waals surface area (Å²) in [6, 6.07) is 5.85. The molecule has 3 nitrogen and oxygen atoms in total. The van der Waals surface area contributed by atoms with Gasteiger partial charge < -0.3 is 10.3 Å². The van der Waals surface area contributed by atoms with Crippen LogP contribution < -0.4 is 5.73 Å². The maximum atomic E-state index is 5.99. The molecule has 1 aromatic carbocycles. The molecule has 2 N–H and O–H groups in total. The molecule has 0 atom stereocenters. The van der Waals surface area contributed by atoms with Gasteiger partial charge in [-0.2, -0.15) is 0 Å². The molecule has 0 unspecified atom stereocenters. The van der Waals surface area contributed by atoms with Gasteiger partial charge in [-0.25, -0.2) is 4.98 Å². The highest BCUT2D eigenvalue weighted by Gasteiger charge is 2.06. The lowest BCUT2D eigenvalue weighted by atomic mass is 10.1. The molecule has 1 aromatic heterocycles. The summed E-state index contributed by atoms with van der Waals surface area (Å²) in [5.74, 6) is 0.959. The van der Waals surface area contributed by atoms with E-state index in [1.165, 1.54) is 0 Å². The number of hydrogen-bond acceptors (Lipinski definition) is 2. The molecule has 0 radical (unpaired) electrons. The minimum absolute atomic E-state index is 0.612. The van der Waals surface area contributed by atoms with E-state index in [2.05, 4.69) is 4.98 Å². The molecular weight excluding hydrogens is 222 g/mol. The predicted octanol–water partition coefficient (Wildman–Crippen LogP) is 2.34. The number of benzene rings is 1. The second-order valence-electron chi connectivity index (χ2n) is 3.66. The van der Waals surface area contributed by atoms with E-state index in [0.717, 1.165) is 28.5 Å². The van der Waals surface area contributed by atoms with Crippen LogP contribution in [0.25, 0.3) is 5.69 Å². The van der Waals surface area contributed by atoms with Crippen molar-refractivity contribution in [1.29, 1.82) is 0 Å². The van der Waals surface area contributed by atoms with Gasteiger partial charge in [0, 0.05) is 17.4 Å². The number of aromatic nitrogens is 2. The highest BCUT2D eigenvalue weighted by atomic mass is 35.5. The van der Waals surface area contributed by atoms with Gasteiger partial charge in [0.05, 0.1) is 5.69 Å². The number of nitrogens with two attached hydrogens (primary N) is 1. The van der Waals surface area contributed by atoms with Gasteiger partial charge in [-0.15, -0.1) is 0 Å². The first kappa shape index (κ1) is 11.2. The van der Waals surface area contributed by atoms with Gasteiger partial charge in [-0.05, 0) is 43.7 Å². The molecule has 0 fully saturated rings.